The first kappa shape index (κ1) is 22.5. The van der Waals surface area contributed by atoms with Crippen molar-refractivity contribution in [3.8, 4) is 11.4 Å². The number of aliphatic hydroxyl groups is 1. The van der Waals surface area contributed by atoms with Crippen molar-refractivity contribution in [3.05, 3.63) is 70.9 Å². The highest BCUT2D eigenvalue weighted by Crippen LogP contribution is 2.36. The van der Waals surface area contributed by atoms with E-state index >= 15 is 0 Å². The summed E-state index contributed by atoms with van der Waals surface area (Å²) in [6.45, 7) is 0.810. The zero-order valence-corrected chi connectivity index (χ0v) is 19.2. The predicted octanol–water partition coefficient (Wildman–Crippen LogP) is 3.25. The second-order valence-corrected chi connectivity index (χ2v) is 9.40. The molecule has 3 heterocycles. The van der Waals surface area contributed by atoms with Gasteiger partial charge in [0.1, 0.15) is 23.0 Å². The molecule has 1 saturated heterocycles. The van der Waals surface area contributed by atoms with Gasteiger partial charge in [-0.3, -0.25) is 9.59 Å². The van der Waals surface area contributed by atoms with Crippen LogP contribution in [0.15, 0.2) is 42.5 Å². The van der Waals surface area contributed by atoms with Gasteiger partial charge in [-0.25, -0.2) is 18.7 Å². The quantitative estimate of drug-likeness (QED) is 0.506. The van der Waals surface area contributed by atoms with E-state index in [2.05, 4.69) is 20.6 Å². The summed E-state index contributed by atoms with van der Waals surface area (Å²) in [6.07, 6.45) is 1.68. The SMILES string of the molecule is O=C1NCc2nc(-c3c(F)cccc3F)nc(Nc3ccc([C@@H]4CCN(C5CC(O)C5)C4=O)cc3)c21. The minimum Gasteiger partial charge on any atom is -0.393 e. The fraction of sp³-hybridized carbons (Fsp3) is 0.308. The Balaban J connectivity index is 1.27. The van der Waals surface area contributed by atoms with E-state index in [1.54, 1.807) is 12.1 Å². The average Bonchev–Trinajstić information content (AvgIpc) is 3.40. The summed E-state index contributed by atoms with van der Waals surface area (Å²) in [4.78, 5) is 35.8. The van der Waals surface area contributed by atoms with Gasteiger partial charge in [-0.2, -0.15) is 0 Å². The molecular weight excluding hydrogens is 468 g/mol. The van der Waals surface area contributed by atoms with E-state index < -0.39 is 11.6 Å². The minimum absolute atomic E-state index is 0.0782. The molecule has 0 bridgehead atoms. The van der Waals surface area contributed by atoms with Gasteiger partial charge in [0.15, 0.2) is 5.82 Å². The lowest BCUT2D eigenvalue weighted by atomic mass is 9.88. The number of nitrogens with one attached hydrogen (secondary N) is 2. The van der Waals surface area contributed by atoms with E-state index in [1.165, 1.54) is 6.07 Å². The van der Waals surface area contributed by atoms with E-state index in [9.17, 15) is 23.5 Å². The van der Waals surface area contributed by atoms with Crippen molar-refractivity contribution in [2.75, 3.05) is 11.9 Å². The highest BCUT2D eigenvalue weighted by Gasteiger charge is 2.41. The van der Waals surface area contributed by atoms with Gasteiger partial charge in [-0.1, -0.05) is 18.2 Å². The summed E-state index contributed by atoms with van der Waals surface area (Å²) in [5.41, 5.74) is 1.70. The molecule has 0 spiro atoms. The smallest absolute Gasteiger partial charge is 0.257 e. The Hall–Kier alpha value is -3.92. The van der Waals surface area contributed by atoms with Crippen molar-refractivity contribution in [2.24, 2.45) is 0 Å². The molecule has 3 N–H and O–H groups in total. The predicted molar refractivity (Wildman–Crippen MR) is 126 cm³/mol. The second kappa shape index (κ2) is 8.63. The molecule has 2 amide bonds. The third-order valence-corrected chi connectivity index (χ3v) is 7.16. The Bertz CT molecular complexity index is 1350. The highest BCUT2D eigenvalue weighted by atomic mass is 19.1. The van der Waals surface area contributed by atoms with E-state index in [-0.39, 0.29) is 59.2 Å². The molecule has 0 radical (unpaired) electrons. The summed E-state index contributed by atoms with van der Waals surface area (Å²) < 4.78 is 28.8. The summed E-state index contributed by atoms with van der Waals surface area (Å²) >= 11 is 0. The molecule has 6 rings (SSSR count). The Morgan fingerprint density at radius 3 is 2.42 bits per heavy atom. The summed E-state index contributed by atoms with van der Waals surface area (Å²) in [5, 5.41) is 15.3. The maximum atomic E-state index is 14.4. The van der Waals surface area contributed by atoms with Crippen LogP contribution in [0.1, 0.15) is 46.8 Å². The maximum Gasteiger partial charge on any atom is 0.257 e. The topological polar surface area (TPSA) is 107 Å². The normalized spacial score (nSPS) is 22.9. The number of carbonyl (C=O) groups excluding carboxylic acids is 2. The molecule has 184 valence electrons. The van der Waals surface area contributed by atoms with Crippen LogP contribution >= 0.6 is 0 Å². The van der Waals surface area contributed by atoms with Crippen LogP contribution in [0.5, 0.6) is 0 Å². The van der Waals surface area contributed by atoms with Crippen LogP contribution in [-0.4, -0.2) is 50.5 Å². The lowest BCUT2D eigenvalue weighted by Crippen LogP contribution is -2.48. The van der Waals surface area contributed by atoms with E-state index in [1.807, 2.05) is 17.0 Å². The number of halogens is 2. The number of aromatic nitrogens is 2. The fourth-order valence-corrected chi connectivity index (χ4v) is 5.16. The van der Waals surface area contributed by atoms with Gasteiger partial charge < -0.3 is 20.6 Å². The van der Waals surface area contributed by atoms with Crippen LogP contribution in [0.25, 0.3) is 11.4 Å². The van der Waals surface area contributed by atoms with E-state index in [4.69, 9.17) is 0 Å². The number of carbonyl (C=O) groups is 2. The largest absolute Gasteiger partial charge is 0.393 e. The average molecular weight is 491 g/mol. The van der Waals surface area contributed by atoms with Crippen LogP contribution in [0.4, 0.5) is 20.3 Å². The molecular formula is C26H23F2N5O3. The lowest BCUT2D eigenvalue weighted by Gasteiger charge is -2.38. The highest BCUT2D eigenvalue weighted by molar-refractivity contribution is 6.03. The molecule has 1 atom stereocenters. The molecule has 2 aliphatic heterocycles. The number of hydrogen-bond donors (Lipinski definition) is 3. The molecule has 36 heavy (non-hydrogen) atoms. The molecule has 1 saturated carbocycles. The van der Waals surface area contributed by atoms with Gasteiger partial charge in [0, 0.05) is 18.3 Å². The first-order valence-corrected chi connectivity index (χ1v) is 11.9. The Labute approximate surface area is 205 Å². The van der Waals surface area contributed by atoms with Crippen LogP contribution in [0.3, 0.4) is 0 Å². The van der Waals surface area contributed by atoms with Crippen molar-refractivity contribution >= 4 is 23.3 Å². The number of hydrogen-bond acceptors (Lipinski definition) is 6. The van der Waals surface area contributed by atoms with E-state index in [0.717, 1.165) is 24.1 Å². The lowest BCUT2D eigenvalue weighted by molar-refractivity contribution is -0.134. The van der Waals surface area contributed by atoms with Crippen molar-refractivity contribution in [1.29, 1.82) is 0 Å². The monoisotopic (exact) mass is 491 g/mol. The minimum atomic E-state index is -0.797. The van der Waals surface area contributed by atoms with Crippen LogP contribution in [0, 0.1) is 11.6 Å². The fourth-order valence-electron chi connectivity index (χ4n) is 5.16. The molecule has 2 aromatic carbocycles. The van der Waals surface area contributed by atoms with Gasteiger partial charge >= 0.3 is 0 Å². The van der Waals surface area contributed by atoms with E-state index in [0.29, 0.717) is 30.8 Å². The van der Waals surface area contributed by atoms with Gasteiger partial charge in [0.05, 0.1) is 29.8 Å². The third-order valence-electron chi connectivity index (χ3n) is 7.16. The molecule has 3 aromatic rings. The second-order valence-electron chi connectivity index (χ2n) is 9.40. The Morgan fingerprint density at radius 1 is 1.00 bits per heavy atom. The molecule has 3 aliphatic rings. The third kappa shape index (κ3) is 3.78. The number of likely N-dealkylation sites (tertiary alicyclic amines) is 1. The molecule has 1 aliphatic carbocycles. The van der Waals surface area contributed by atoms with Crippen molar-refractivity contribution in [3.63, 3.8) is 0 Å². The number of anilines is 2. The zero-order chi connectivity index (χ0) is 25.0. The maximum absolute atomic E-state index is 14.4. The number of fused-ring (bicyclic) bond motifs is 1. The van der Waals surface area contributed by atoms with Gasteiger partial charge in [-0.05, 0) is 49.1 Å². The Kier molecular flexibility index (Phi) is 5.40. The molecule has 0 unspecified atom stereocenters. The van der Waals surface area contributed by atoms with Gasteiger partial charge in [0.2, 0.25) is 5.91 Å². The standard InChI is InChI=1S/C26H23F2N5O3/c27-18-2-1-3-19(28)21(18)23-31-20-12-29-25(35)22(20)24(32-23)30-14-6-4-13(5-7-14)17-8-9-33(26(17)36)15-10-16(34)11-15/h1-7,15-17,34H,8-12H2,(H,29,35)(H,30,31,32)/t15?,16?,17-/m0/s1. The summed E-state index contributed by atoms with van der Waals surface area (Å²) in [5.74, 6) is -2.13. The Morgan fingerprint density at radius 2 is 1.72 bits per heavy atom. The number of aliphatic hydroxyl groups excluding tert-OH is 1. The zero-order valence-electron chi connectivity index (χ0n) is 19.2. The van der Waals surface area contributed by atoms with Crippen molar-refractivity contribution in [1.82, 2.24) is 20.2 Å². The summed E-state index contributed by atoms with van der Waals surface area (Å²) in [6, 6.07) is 10.9. The first-order valence-electron chi connectivity index (χ1n) is 11.9. The molecule has 2 fully saturated rings. The van der Waals surface area contributed by atoms with Crippen molar-refractivity contribution in [2.45, 2.75) is 43.9 Å². The number of amides is 2. The van der Waals surface area contributed by atoms with Gasteiger partial charge in [-0.15, -0.1) is 0 Å². The first-order chi connectivity index (χ1) is 17.4. The van der Waals surface area contributed by atoms with Crippen LogP contribution in [0.2, 0.25) is 0 Å². The van der Waals surface area contributed by atoms with Crippen LogP contribution in [-0.2, 0) is 11.3 Å². The molecule has 10 heteroatoms. The molecule has 1 aromatic heterocycles. The van der Waals surface area contributed by atoms with Gasteiger partial charge in [0.25, 0.3) is 5.91 Å². The van der Waals surface area contributed by atoms with Crippen molar-refractivity contribution < 1.29 is 23.5 Å². The van der Waals surface area contributed by atoms with Crippen LogP contribution < -0.4 is 10.6 Å². The number of nitrogens with zero attached hydrogens (tertiary/aromatic N) is 3. The molecule has 8 nitrogen and oxygen atoms in total. The number of rotatable bonds is 5. The summed E-state index contributed by atoms with van der Waals surface area (Å²) in [7, 11) is 0. The number of benzene rings is 2.